The van der Waals surface area contributed by atoms with Crippen molar-refractivity contribution in [2.24, 2.45) is 10.2 Å². The van der Waals surface area contributed by atoms with E-state index >= 15 is 0 Å². The summed E-state index contributed by atoms with van der Waals surface area (Å²) in [4.78, 5) is 31.2. The van der Waals surface area contributed by atoms with Crippen molar-refractivity contribution in [2.45, 2.75) is 51.6 Å². The highest BCUT2D eigenvalue weighted by molar-refractivity contribution is 5.83. The van der Waals surface area contributed by atoms with Crippen LogP contribution in [-0.2, 0) is 19.4 Å². The fourth-order valence-corrected chi connectivity index (χ4v) is 1.21. The lowest BCUT2D eigenvalue weighted by Crippen LogP contribution is -2.27. The molecule has 0 aromatic rings. The van der Waals surface area contributed by atoms with Gasteiger partial charge in [0.2, 0.25) is 0 Å². The van der Waals surface area contributed by atoms with Crippen LogP contribution in [0.2, 0.25) is 0 Å². The van der Waals surface area contributed by atoms with Crippen LogP contribution in [0.5, 0.6) is 0 Å². The van der Waals surface area contributed by atoms with Crippen molar-refractivity contribution in [3.63, 3.8) is 0 Å². The van der Waals surface area contributed by atoms with E-state index in [1.807, 2.05) is 13.8 Å². The average Bonchev–Trinajstić information content (AvgIpc) is 3.04. The van der Waals surface area contributed by atoms with E-state index in [1.165, 1.54) is 0 Å². The van der Waals surface area contributed by atoms with Crippen LogP contribution in [0, 0.1) is 0 Å². The van der Waals surface area contributed by atoms with Crippen molar-refractivity contribution in [3.05, 3.63) is 0 Å². The van der Waals surface area contributed by atoms with E-state index in [4.69, 9.17) is 0 Å². The molecule has 0 radical (unpaired) electrons. The number of carbonyl (C=O) groups excluding carboxylic acids is 2. The van der Waals surface area contributed by atoms with Crippen molar-refractivity contribution in [1.29, 1.82) is 0 Å². The summed E-state index contributed by atoms with van der Waals surface area (Å²) in [5.41, 5.74) is -1.10. The largest absolute Gasteiger partial charge is 0.408 e. The fraction of sp³-hybridized carbons (Fsp3) is 0.800. The highest BCUT2D eigenvalue weighted by atomic mass is 17.2. The molecule has 0 atom stereocenters. The molecule has 6 heteroatoms. The molecule has 0 N–H and O–H groups in total. The molecule has 1 rings (SSSR count). The molecule has 0 saturated heterocycles. The minimum Gasteiger partial charge on any atom is -0.247 e. The van der Waals surface area contributed by atoms with Crippen molar-refractivity contribution in [1.82, 2.24) is 0 Å². The Morgan fingerprint density at radius 3 is 2.31 bits per heavy atom. The van der Waals surface area contributed by atoms with E-state index < -0.39 is 17.6 Å². The zero-order chi connectivity index (χ0) is 12.0. The van der Waals surface area contributed by atoms with Gasteiger partial charge in [0.1, 0.15) is 0 Å². The molecule has 0 fully saturated rings. The molecular weight excluding hydrogens is 212 g/mol. The minimum absolute atomic E-state index is 0.249. The molecule has 0 amide bonds. The third-order valence-corrected chi connectivity index (χ3v) is 2.21. The van der Waals surface area contributed by atoms with E-state index in [-0.39, 0.29) is 6.42 Å². The van der Waals surface area contributed by atoms with E-state index in [0.717, 1.165) is 12.8 Å². The second kappa shape index (κ2) is 5.58. The van der Waals surface area contributed by atoms with Gasteiger partial charge in [-0.1, -0.05) is 26.7 Å². The second-order valence-corrected chi connectivity index (χ2v) is 3.70. The number of hydrogen-bond donors (Lipinski definition) is 0. The first-order valence-corrected chi connectivity index (χ1v) is 5.50. The number of hydrogen-bond acceptors (Lipinski definition) is 6. The number of carbonyl (C=O) groups is 2. The van der Waals surface area contributed by atoms with Crippen molar-refractivity contribution < 1.29 is 19.4 Å². The van der Waals surface area contributed by atoms with Crippen LogP contribution >= 0.6 is 0 Å². The summed E-state index contributed by atoms with van der Waals surface area (Å²) >= 11 is 0. The summed E-state index contributed by atoms with van der Waals surface area (Å²) in [5, 5.41) is 7.25. The first-order chi connectivity index (χ1) is 7.64. The monoisotopic (exact) mass is 228 g/mol. The second-order valence-electron chi connectivity index (χ2n) is 3.70. The smallest absolute Gasteiger partial charge is 0.247 e. The fourth-order valence-electron chi connectivity index (χ4n) is 1.21. The van der Waals surface area contributed by atoms with Crippen LogP contribution in [-0.4, -0.2) is 17.6 Å². The summed E-state index contributed by atoms with van der Waals surface area (Å²) in [6, 6.07) is 0. The molecule has 0 aromatic carbocycles. The van der Waals surface area contributed by atoms with Gasteiger partial charge in [-0.25, -0.2) is 19.4 Å². The zero-order valence-corrected chi connectivity index (χ0v) is 9.56. The number of nitrogens with zero attached hydrogens (tertiary/aromatic N) is 2. The van der Waals surface area contributed by atoms with Gasteiger partial charge in [-0.15, -0.1) is 10.2 Å². The molecule has 6 nitrogen and oxygen atoms in total. The summed E-state index contributed by atoms with van der Waals surface area (Å²) in [6.07, 6.45) is 3.09. The van der Waals surface area contributed by atoms with Crippen molar-refractivity contribution in [3.8, 4) is 0 Å². The molecule has 1 aliphatic heterocycles. The lowest BCUT2D eigenvalue weighted by atomic mass is 10.1. The molecule has 1 aliphatic rings. The van der Waals surface area contributed by atoms with Crippen LogP contribution in [0.4, 0.5) is 0 Å². The maximum atomic E-state index is 11.4. The third-order valence-electron chi connectivity index (χ3n) is 2.21. The van der Waals surface area contributed by atoms with Crippen molar-refractivity contribution >= 4 is 11.9 Å². The number of rotatable bonds is 6. The highest BCUT2D eigenvalue weighted by Gasteiger charge is 2.50. The highest BCUT2D eigenvalue weighted by Crippen LogP contribution is 2.34. The lowest BCUT2D eigenvalue weighted by Gasteiger charge is -2.07. The molecule has 1 heterocycles. The molecule has 0 aromatic heterocycles. The first-order valence-electron chi connectivity index (χ1n) is 5.50. The van der Waals surface area contributed by atoms with Gasteiger partial charge in [0.25, 0.3) is 5.66 Å². The Bertz CT molecular complexity index is 295. The molecule has 90 valence electrons. The predicted octanol–water partition coefficient (Wildman–Crippen LogP) is 2.14. The van der Waals surface area contributed by atoms with Gasteiger partial charge in [0.15, 0.2) is 0 Å². The normalized spacial score (nSPS) is 15.6. The van der Waals surface area contributed by atoms with Gasteiger partial charge in [0, 0.05) is 6.42 Å². The average molecular weight is 228 g/mol. The van der Waals surface area contributed by atoms with Gasteiger partial charge in [-0.05, 0) is 6.42 Å². The lowest BCUT2D eigenvalue weighted by molar-refractivity contribution is -0.261. The van der Waals surface area contributed by atoms with Crippen LogP contribution in [0.3, 0.4) is 0 Å². The minimum atomic E-state index is -1.10. The Morgan fingerprint density at radius 1 is 1.12 bits per heavy atom. The van der Waals surface area contributed by atoms with Crippen LogP contribution < -0.4 is 0 Å². The third kappa shape index (κ3) is 3.29. The standard InChI is InChI=1S/C10H16N2O4/c1-3-5-6-8(13)15-16-9(14)10(7-4-2)11-12-10/h3-7H2,1-2H3. The molecular formula is C10H16N2O4. The topological polar surface area (TPSA) is 77.3 Å². The molecule has 0 spiro atoms. The van der Waals surface area contributed by atoms with Crippen LogP contribution in [0.1, 0.15) is 46.0 Å². The maximum absolute atomic E-state index is 11.4. The molecule has 0 aliphatic carbocycles. The van der Waals surface area contributed by atoms with Crippen LogP contribution in [0.25, 0.3) is 0 Å². The molecule has 0 bridgehead atoms. The first kappa shape index (κ1) is 12.6. The molecule has 0 unspecified atom stereocenters. The van der Waals surface area contributed by atoms with E-state index in [0.29, 0.717) is 12.8 Å². The summed E-state index contributed by atoms with van der Waals surface area (Å²) in [5.74, 6) is -1.25. The Morgan fingerprint density at radius 2 is 1.81 bits per heavy atom. The Labute approximate surface area is 93.9 Å². The van der Waals surface area contributed by atoms with E-state index in [2.05, 4.69) is 20.0 Å². The van der Waals surface area contributed by atoms with Crippen LogP contribution in [0.15, 0.2) is 10.2 Å². The zero-order valence-electron chi connectivity index (χ0n) is 9.56. The van der Waals surface area contributed by atoms with Gasteiger partial charge < -0.3 is 0 Å². The van der Waals surface area contributed by atoms with E-state index in [9.17, 15) is 9.59 Å². The number of unbranched alkanes of at least 4 members (excludes halogenated alkanes) is 1. The Balaban J connectivity index is 2.22. The summed E-state index contributed by atoms with van der Waals surface area (Å²) in [7, 11) is 0. The van der Waals surface area contributed by atoms with Gasteiger partial charge in [-0.3, -0.25) is 0 Å². The van der Waals surface area contributed by atoms with Gasteiger partial charge in [-0.2, -0.15) is 0 Å². The summed E-state index contributed by atoms with van der Waals surface area (Å²) in [6.45, 7) is 3.86. The van der Waals surface area contributed by atoms with Crippen molar-refractivity contribution in [2.75, 3.05) is 0 Å². The molecule has 16 heavy (non-hydrogen) atoms. The molecule has 0 saturated carbocycles. The quantitative estimate of drug-likeness (QED) is 0.515. The van der Waals surface area contributed by atoms with Gasteiger partial charge >= 0.3 is 11.9 Å². The van der Waals surface area contributed by atoms with Gasteiger partial charge in [0.05, 0.1) is 6.42 Å². The van der Waals surface area contributed by atoms with E-state index in [1.54, 1.807) is 0 Å². The summed E-state index contributed by atoms with van der Waals surface area (Å²) < 4.78 is 0. The Kier molecular flexibility index (Phi) is 4.39. The Hall–Kier alpha value is -1.46. The maximum Gasteiger partial charge on any atom is 0.408 e. The SMILES string of the molecule is CCCCC(=O)OOC(=O)C1(CCC)N=N1. The predicted molar refractivity (Wildman–Crippen MR) is 54.2 cm³/mol.